The molecule has 2 aromatic rings. The summed E-state index contributed by atoms with van der Waals surface area (Å²) in [5.41, 5.74) is 5.05. The van der Waals surface area contributed by atoms with E-state index in [4.69, 9.17) is 4.98 Å². The van der Waals surface area contributed by atoms with Crippen molar-refractivity contribution in [2.45, 2.75) is 57.9 Å². The molecule has 0 bridgehead atoms. The number of nitrogens with zero attached hydrogens (tertiary/aromatic N) is 3. The summed E-state index contributed by atoms with van der Waals surface area (Å²) in [6.07, 6.45) is 5.57. The number of hydrogen-bond acceptors (Lipinski definition) is 3. The highest BCUT2D eigenvalue weighted by molar-refractivity contribution is 5.73. The zero-order valence-corrected chi connectivity index (χ0v) is 17.8. The van der Waals surface area contributed by atoms with Crippen LogP contribution >= 0.6 is 0 Å². The maximum atomic E-state index is 11.6. The van der Waals surface area contributed by atoms with E-state index in [-0.39, 0.29) is 5.91 Å². The van der Waals surface area contributed by atoms with Crippen molar-refractivity contribution in [1.82, 2.24) is 14.8 Å². The molecule has 0 radical (unpaired) electrons. The fourth-order valence-corrected chi connectivity index (χ4v) is 4.98. The van der Waals surface area contributed by atoms with Gasteiger partial charge in [0.2, 0.25) is 5.91 Å². The third-order valence-corrected chi connectivity index (χ3v) is 6.59. The van der Waals surface area contributed by atoms with Crippen LogP contribution in [-0.4, -0.2) is 52.9 Å². The van der Waals surface area contributed by atoms with Crippen molar-refractivity contribution < 1.29 is 4.79 Å². The van der Waals surface area contributed by atoms with Crippen molar-refractivity contribution >= 4 is 5.91 Å². The Bertz CT molecular complexity index is 841. The maximum Gasteiger partial charge on any atom is 0.219 e. The van der Waals surface area contributed by atoms with Crippen molar-refractivity contribution in [2.24, 2.45) is 0 Å². The van der Waals surface area contributed by atoms with E-state index >= 15 is 0 Å². The van der Waals surface area contributed by atoms with E-state index < -0.39 is 0 Å². The molecule has 0 N–H and O–H groups in total. The number of carbonyl (C=O) groups excluding carboxylic acids is 1. The standard InChI is InChI=1S/C25H33N3O/c1-19-6-3-7-21(16-19)17-23-9-4-10-25(26-23)22-8-5-13-28(18-22)24-11-14-27(15-12-24)20(2)29/h3-4,6-7,9-10,16,22,24H,5,8,11-15,17-18H2,1-2H3/t22-/m1/s1. The quantitative estimate of drug-likeness (QED) is 0.785. The highest BCUT2D eigenvalue weighted by atomic mass is 16.2. The molecule has 154 valence electrons. The Kier molecular flexibility index (Phi) is 6.29. The van der Waals surface area contributed by atoms with Crippen molar-refractivity contribution in [3.8, 4) is 0 Å². The Morgan fingerprint density at radius 1 is 1.07 bits per heavy atom. The first-order valence-electron chi connectivity index (χ1n) is 11.1. The van der Waals surface area contributed by atoms with Gasteiger partial charge in [-0.2, -0.15) is 0 Å². The van der Waals surface area contributed by atoms with Crippen LogP contribution in [0, 0.1) is 6.92 Å². The number of rotatable bonds is 4. The Balaban J connectivity index is 1.40. The second kappa shape index (κ2) is 9.08. The molecule has 0 saturated carbocycles. The number of carbonyl (C=O) groups is 1. The van der Waals surface area contributed by atoms with Crippen LogP contribution in [0.3, 0.4) is 0 Å². The first-order chi connectivity index (χ1) is 14.1. The van der Waals surface area contributed by atoms with Gasteiger partial charge in [0, 0.05) is 56.3 Å². The Morgan fingerprint density at radius 3 is 2.62 bits per heavy atom. The maximum absolute atomic E-state index is 11.6. The molecule has 2 fully saturated rings. The summed E-state index contributed by atoms with van der Waals surface area (Å²) in [6.45, 7) is 7.93. The van der Waals surface area contributed by atoms with E-state index in [1.165, 1.54) is 41.9 Å². The summed E-state index contributed by atoms with van der Waals surface area (Å²) in [6, 6.07) is 15.9. The average Bonchev–Trinajstić information content (AvgIpc) is 2.74. The fraction of sp³-hybridized carbons (Fsp3) is 0.520. The number of hydrogen-bond donors (Lipinski definition) is 0. The molecule has 29 heavy (non-hydrogen) atoms. The minimum atomic E-state index is 0.217. The van der Waals surface area contributed by atoms with Crippen LogP contribution in [-0.2, 0) is 11.2 Å². The normalized spacial score (nSPS) is 21.3. The highest BCUT2D eigenvalue weighted by Gasteiger charge is 2.30. The molecule has 3 heterocycles. The van der Waals surface area contributed by atoms with Gasteiger partial charge in [0.1, 0.15) is 0 Å². The fourth-order valence-electron chi connectivity index (χ4n) is 4.98. The van der Waals surface area contributed by atoms with E-state index in [0.717, 1.165) is 38.9 Å². The van der Waals surface area contributed by atoms with Crippen LogP contribution < -0.4 is 0 Å². The van der Waals surface area contributed by atoms with Crippen LogP contribution in [0.15, 0.2) is 42.5 Å². The molecule has 1 atom stereocenters. The number of likely N-dealkylation sites (tertiary alicyclic amines) is 2. The third kappa shape index (κ3) is 5.05. The molecular formula is C25H33N3O. The lowest BCUT2D eigenvalue weighted by atomic mass is 9.91. The number of amides is 1. The van der Waals surface area contributed by atoms with E-state index in [1.807, 2.05) is 4.90 Å². The predicted molar refractivity (Wildman–Crippen MR) is 117 cm³/mol. The van der Waals surface area contributed by atoms with Crippen LogP contribution in [0.1, 0.15) is 61.0 Å². The second-order valence-corrected chi connectivity index (χ2v) is 8.79. The van der Waals surface area contributed by atoms with Gasteiger partial charge >= 0.3 is 0 Å². The predicted octanol–water partition coefficient (Wildman–Crippen LogP) is 4.17. The van der Waals surface area contributed by atoms with E-state index in [0.29, 0.717) is 12.0 Å². The van der Waals surface area contributed by atoms with Crippen molar-refractivity contribution in [3.05, 3.63) is 65.0 Å². The van der Waals surface area contributed by atoms with Crippen molar-refractivity contribution in [2.75, 3.05) is 26.2 Å². The Labute approximate surface area is 174 Å². The minimum Gasteiger partial charge on any atom is -0.343 e. The molecule has 1 aromatic heterocycles. The zero-order chi connectivity index (χ0) is 20.2. The first kappa shape index (κ1) is 20.1. The molecule has 4 nitrogen and oxygen atoms in total. The number of aromatic nitrogens is 1. The molecule has 0 aliphatic carbocycles. The highest BCUT2D eigenvalue weighted by Crippen LogP contribution is 2.29. The number of aryl methyl sites for hydroxylation is 1. The molecule has 2 aliphatic rings. The molecule has 0 spiro atoms. The van der Waals surface area contributed by atoms with Gasteiger partial charge in [0.25, 0.3) is 0 Å². The lowest BCUT2D eigenvalue weighted by Gasteiger charge is -2.42. The Hall–Kier alpha value is -2.20. The zero-order valence-electron chi connectivity index (χ0n) is 17.8. The summed E-state index contributed by atoms with van der Waals surface area (Å²) in [5, 5.41) is 0. The number of piperidine rings is 2. The molecule has 4 rings (SSSR count). The molecule has 1 amide bonds. The van der Waals surface area contributed by atoms with E-state index in [2.05, 4.69) is 54.3 Å². The van der Waals surface area contributed by atoms with Gasteiger partial charge in [-0.1, -0.05) is 35.9 Å². The smallest absolute Gasteiger partial charge is 0.219 e. The summed E-state index contributed by atoms with van der Waals surface area (Å²) in [4.78, 5) is 21.3. The van der Waals surface area contributed by atoms with Gasteiger partial charge in [0.05, 0.1) is 0 Å². The molecule has 2 saturated heterocycles. The van der Waals surface area contributed by atoms with Gasteiger partial charge in [-0.15, -0.1) is 0 Å². The average molecular weight is 392 g/mol. The van der Waals surface area contributed by atoms with Gasteiger partial charge in [-0.3, -0.25) is 14.7 Å². The molecule has 2 aliphatic heterocycles. The van der Waals surface area contributed by atoms with Gasteiger partial charge in [0.15, 0.2) is 0 Å². The van der Waals surface area contributed by atoms with E-state index in [9.17, 15) is 4.79 Å². The van der Waals surface area contributed by atoms with Crippen LogP contribution in [0.25, 0.3) is 0 Å². The Morgan fingerprint density at radius 2 is 1.86 bits per heavy atom. The minimum absolute atomic E-state index is 0.217. The first-order valence-corrected chi connectivity index (χ1v) is 11.1. The SMILES string of the molecule is CC(=O)N1CCC(N2CCC[C@@H](c3cccc(Cc4cccc(C)c4)n3)C2)CC1. The molecule has 4 heteroatoms. The van der Waals surface area contributed by atoms with Crippen LogP contribution in [0.4, 0.5) is 0 Å². The summed E-state index contributed by atoms with van der Waals surface area (Å²) >= 11 is 0. The van der Waals surface area contributed by atoms with Crippen LogP contribution in [0.2, 0.25) is 0 Å². The summed E-state index contributed by atoms with van der Waals surface area (Å²) < 4.78 is 0. The largest absolute Gasteiger partial charge is 0.343 e. The summed E-state index contributed by atoms with van der Waals surface area (Å²) in [7, 11) is 0. The van der Waals surface area contributed by atoms with Crippen molar-refractivity contribution in [3.63, 3.8) is 0 Å². The topological polar surface area (TPSA) is 36.4 Å². The summed E-state index contributed by atoms with van der Waals surface area (Å²) in [5.74, 6) is 0.738. The third-order valence-electron chi connectivity index (χ3n) is 6.59. The lowest BCUT2D eigenvalue weighted by molar-refractivity contribution is -0.130. The van der Waals surface area contributed by atoms with Crippen molar-refractivity contribution in [1.29, 1.82) is 0 Å². The van der Waals surface area contributed by atoms with Gasteiger partial charge < -0.3 is 4.90 Å². The van der Waals surface area contributed by atoms with Gasteiger partial charge in [-0.05, 0) is 56.8 Å². The van der Waals surface area contributed by atoms with Gasteiger partial charge in [-0.25, -0.2) is 0 Å². The second-order valence-electron chi connectivity index (χ2n) is 8.79. The van der Waals surface area contributed by atoms with E-state index in [1.54, 1.807) is 6.92 Å². The molecule has 1 aromatic carbocycles. The lowest BCUT2D eigenvalue weighted by Crippen LogP contribution is -2.49. The monoisotopic (exact) mass is 391 g/mol. The number of pyridine rings is 1. The molecular weight excluding hydrogens is 358 g/mol. The van der Waals surface area contributed by atoms with Crippen LogP contribution in [0.5, 0.6) is 0 Å². The number of benzene rings is 1. The molecule has 0 unspecified atom stereocenters.